The number of hydrogen-bond donors (Lipinski definition) is 0. The summed E-state index contributed by atoms with van der Waals surface area (Å²) in [7, 11) is 0. The van der Waals surface area contributed by atoms with Gasteiger partial charge in [-0.2, -0.15) is 0 Å². The Kier molecular flexibility index (Phi) is 2.01. The fraction of sp³-hybridized carbons (Fsp3) is 0. The second-order valence-electron chi connectivity index (χ2n) is 7.41. The monoisotopic (exact) mass is 326 g/mol. The first-order chi connectivity index (χ1) is 12.8. The Morgan fingerprint density at radius 3 is 1.35 bits per heavy atom. The standard InChI is InChI=1S/C26H14/c1-2-14-13-19-10-9-17-6-4-15-3-5-16-7-8-18-11-12-20(14)26-24(18)22(16)21(15)23(17)25(19)26/h2-13H,1H2. The highest BCUT2D eigenvalue weighted by molar-refractivity contribution is 6.44. The minimum Gasteiger partial charge on any atom is -0.0984 e. The summed E-state index contributed by atoms with van der Waals surface area (Å²) >= 11 is 0. The highest BCUT2D eigenvalue weighted by Gasteiger charge is 2.20. The van der Waals surface area contributed by atoms with Gasteiger partial charge in [0.05, 0.1) is 0 Å². The van der Waals surface area contributed by atoms with E-state index in [0.717, 1.165) is 0 Å². The summed E-state index contributed by atoms with van der Waals surface area (Å²) in [5.74, 6) is 0. The molecule has 0 heterocycles. The van der Waals surface area contributed by atoms with Crippen LogP contribution in [0.1, 0.15) is 5.56 Å². The fourth-order valence-electron chi connectivity index (χ4n) is 5.18. The topological polar surface area (TPSA) is 0 Å². The van der Waals surface area contributed by atoms with Crippen molar-refractivity contribution >= 4 is 70.7 Å². The molecule has 26 heavy (non-hydrogen) atoms. The predicted molar refractivity (Wildman–Crippen MR) is 115 cm³/mol. The molecule has 0 nitrogen and oxygen atoms in total. The molecule has 0 aliphatic rings. The van der Waals surface area contributed by atoms with Crippen LogP contribution < -0.4 is 0 Å². The zero-order valence-corrected chi connectivity index (χ0v) is 14.1. The van der Waals surface area contributed by atoms with Crippen molar-refractivity contribution in [2.75, 3.05) is 0 Å². The van der Waals surface area contributed by atoms with Gasteiger partial charge in [-0.25, -0.2) is 0 Å². The summed E-state index contributed by atoms with van der Waals surface area (Å²) in [5, 5.41) is 16.4. The van der Waals surface area contributed by atoms with E-state index in [1.54, 1.807) is 0 Å². The van der Waals surface area contributed by atoms with Crippen LogP contribution >= 0.6 is 0 Å². The van der Waals surface area contributed by atoms with Gasteiger partial charge in [0.1, 0.15) is 0 Å². The number of benzene rings is 7. The van der Waals surface area contributed by atoms with Gasteiger partial charge < -0.3 is 0 Å². The van der Waals surface area contributed by atoms with Crippen LogP contribution in [-0.2, 0) is 0 Å². The third-order valence-electron chi connectivity index (χ3n) is 6.25. The molecule has 7 aromatic rings. The lowest BCUT2D eigenvalue weighted by atomic mass is 9.82. The molecule has 0 aromatic heterocycles. The average Bonchev–Trinajstić information content (AvgIpc) is 2.71. The van der Waals surface area contributed by atoms with Crippen molar-refractivity contribution in [3.8, 4) is 0 Å². The summed E-state index contributed by atoms with van der Waals surface area (Å²) in [6, 6.07) is 25.0. The molecular formula is C26H14. The molecule has 0 spiro atoms. The van der Waals surface area contributed by atoms with Crippen LogP contribution in [0.2, 0.25) is 0 Å². The van der Waals surface area contributed by atoms with Gasteiger partial charge in [0, 0.05) is 0 Å². The summed E-state index contributed by atoms with van der Waals surface area (Å²) in [6.07, 6.45) is 1.99. The van der Waals surface area contributed by atoms with Crippen molar-refractivity contribution in [1.29, 1.82) is 0 Å². The molecule has 7 aromatic carbocycles. The zero-order chi connectivity index (χ0) is 17.0. The quantitative estimate of drug-likeness (QED) is 0.216. The summed E-state index contributed by atoms with van der Waals surface area (Å²) < 4.78 is 0. The Morgan fingerprint density at radius 2 is 0.846 bits per heavy atom. The maximum absolute atomic E-state index is 4.07. The van der Waals surface area contributed by atoms with E-state index in [-0.39, 0.29) is 0 Å². The van der Waals surface area contributed by atoms with Crippen LogP contribution in [0.3, 0.4) is 0 Å². The summed E-state index contributed by atoms with van der Waals surface area (Å²) in [5.41, 5.74) is 1.22. The van der Waals surface area contributed by atoms with Gasteiger partial charge in [0.25, 0.3) is 0 Å². The van der Waals surface area contributed by atoms with E-state index in [9.17, 15) is 0 Å². The average molecular weight is 326 g/mol. The Bertz CT molecular complexity index is 1570. The van der Waals surface area contributed by atoms with Gasteiger partial charge in [0.15, 0.2) is 0 Å². The van der Waals surface area contributed by atoms with E-state index in [0.29, 0.717) is 0 Å². The van der Waals surface area contributed by atoms with Crippen molar-refractivity contribution < 1.29 is 0 Å². The summed E-state index contributed by atoms with van der Waals surface area (Å²) in [4.78, 5) is 0. The fourth-order valence-corrected chi connectivity index (χ4v) is 5.18. The van der Waals surface area contributed by atoms with Gasteiger partial charge in [-0.15, -0.1) is 0 Å². The Hall–Kier alpha value is -3.38. The molecule has 0 heteroatoms. The van der Waals surface area contributed by atoms with E-state index >= 15 is 0 Å². The largest absolute Gasteiger partial charge is 0.0984 e. The van der Waals surface area contributed by atoms with Crippen molar-refractivity contribution in [1.82, 2.24) is 0 Å². The molecule has 0 aliphatic heterocycles. The molecule has 0 atom stereocenters. The molecule has 0 amide bonds. The zero-order valence-electron chi connectivity index (χ0n) is 14.1. The first-order valence-corrected chi connectivity index (χ1v) is 9.08. The van der Waals surface area contributed by atoms with Gasteiger partial charge >= 0.3 is 0 Å². The van der Waals surface area contributed by atoms with Gasteiger partial charge in [-0.3, -0.25) is 0 Å². The molecule has 0 unspecified atom stereocenters. The van der Waals surface area contributed by atoms with Crippen LogP contribution in [0.25, 0.3) is 70.7 Å². The SMILES string of the molecule is C=Cc1cc2ccc3ccc4ccc5ccc6ccc1c1c6c5c4c3c21. The van der Waals surface area contributed by atoms with E-state index in [1.165, 1.54) is 70.2 Å². The maximum Gasteiger partial charge on any atom is -0.000785 e. The van der Waals surface area contributed by atoms with Gasteiger partial charge in [0.2, 0.25) is 0 Å². The van der Waals surface area contributed by atoms with Crippen LogP contribution in [0, 0.1) is 0 Å². The van der Waals surface area contributed by atoms with E-state index in [1.807, 2.05) is 6.08 Å². The normalized spacial score (nSPS) is 12.8. The molecule has 0 saturated carbocycles. The highest BCUT2D eigenvalue weighted by Crippen LogP contribution is 2.48. The third kappa shape index (κ3) is 1.25. The van der Waals surface area contributed by atoms with E-state index < -0.39 is 0 Å². The predicted octanol–water partition coefficient (Wildman–Crippen LogP) is 7.56. The van der Waals surface area contributed by atoms with Crippen LogP contribution in [0.4, 0.5) is 0 Å². The minimum absolute atomic E-state index is 1.22. The Balaban J connectivity index is 2.07. The van der Waals surface area contributed by atoms with E-state index in [4.69, 9.17) is 0 Å². The lowest BCUT2D eigenvalue weighted by Crippen LogP contribution is -1.93. The molecular weight excluding hydrogens is 312 g/mol. The number of rotatable bonds is 1. The van der Waals surface area contributed by atoms with Crippen molar-refractivity contribution in [2.45, 2.75) is 0 Å². The first kappa shape index (κ1) is 12.9. The van der Waals surface area contributed by atoms with Crippen molar-refractivity contribution in [3.05, 3.63) is 78.9 Å². The van der Waals surface area contributed by atoms with Crippen molar-refractivity contribution in [3.63, 3.8) is 0 Å². The lowest BCUT2D eigenvalue weighted by Gasteiger charge is -2.21. The van der Waals surface area contributed by atoms with Gasteiger partial charge in [-0.1, -0.05) is 73.3 Å². The molecule has 0 N–H and O–H groups in total. The highest BCUT2D eigenvalue weighted by atomic mass is 14.2. The second-order valence-corrected chi connectivity index (χ2v) is 7.41. The molecule has 0 fully saturated rings. The smallest absolute Gasteiger partial charge is 0.000785 e. The molecule has 118 valence electrons. The van der Waals surface area contributed by atoms with Crippen LogP contribution in [0.5, 0.6) is 0 Å². The van der Waals surface area contributed by atoms with Crippen LogP contribution in [0.15, 0.2) is 73.3 Å². The van der Waals surface area contributed by atoms with E-state index in [2.05, 4.69) is 73.3 Å². The van der Waals surface area contributed by atoms with Crippen LogP contribution in [-0.4, -0.2) is 0 Å². The maximum atomic E-state index is 4.07. The Morgan fingerprint density at radius 1 is 0.462 bits per heavy atom. The molecule has 0 radical (unpaired) electrons. The molecule has 0 bridgehead atoms. The minimum atomic E-state index is 1.22. The molecule has 0 saturated heterocycles. The first-order valence-electron chi connectivity index (χ1n) is 9.08. The molecule has 7 rings (SSSR count). The summed E-state index contributed by atoms with van der Waals surface area (Å²) in [6.45, 7) is 4.07. The number of hydrogen-bond acceptors (Lipinski definition) is 0. The third-order valence-corrected chi connectivity index (χ3v) is 6.25. The Labute approximate surface area is 149 Å². The second kappa shape index (κ2) is 4.05. The molecule has 0 aliphatic carbocycles. The van der Waals surface area contributed by atoms with Gasteiger partial charge in [-0.05, 0) is 76.3 Å². The lowest BCUT2D eigenvalue weighted by molar-refractivity contribution is 1.78. The van der Waals surface area contributed by atoms with Crippen molar-refractivity contribution in [2.24, 2.45) is 0 Å².